The van der Waals surface area contributed by atoms with Crippen molar-refractivity contribution in [2.75, 3.05) is 33.0 Å². The van der Waals surface area contributed by atoms with Gasteiger partial charge in [-0.3, -0.25) is 9.69 Å². The lowest BCUT2D eigenvalue weighted by Gasteiger charge is -2.35. The Labute approximate surface area is 175 Å². The molecule has 0 aliphatic carbocycles. The number of para-hydroxylation sites is 1. The van der Waals surface area contributed by atoms with E-state index < -0.39 is 6.61 Å². The molecule has 0 bridgehead atoms. The molecule has 0 spiro atoms. The molecule has 4 rings (SSSR count). The zero-order valence-electron chi connectivity index (χ0n) is 15.4. The van der Waals surface area contributed by atoms with Gasteiger partial charge in [0.15, 0.2) is 11.5 Å². The topological polar surface area (TPSA) is 51.2 Å². The van der Waals surface area contributed by atoms with Gasteiger partial charge in [-0.1, -0.05) is 28.1 Å². The van der Waals surface area contributed by atoms with Gasteiger partial charge in [0, 0.05) is 37.2 Å². The molecular weight excluding hydrogens is 450 g/mol. The first-order chi connectivity index (χ1) is 14.0. The molecule has 2 aliphatic heterocycles. The summed E-state index contributed by atoms with van der Waals surface area (Å²) in [5.41, 5.74) is 1.23. The van der Waals surface area contributed by atoms with Crippen molar-refractivity contribution in [3.05, 3.63) is 52.0 Å². The monoisotopic (exact) mass is 468 g/mol. The van der Waals surface area contributed by atoms with Crippen LogP contribution in [0.25, 0.3) is 0 Å². The van der Waals surface area contributed by atoms with Gasteiger partial charge in [0.2, 0.25) is 6.79 Å². The van der Waals surface area contributed by atoms with Crippen molar-refractivity contribution in [2.45, 2.75) is 13.2 Å². The van der Waals surface area contributed by atoms with Crippen LogP contribution in [0, 0.1) is 0 Å². The van der Waals surface area contributed by atoms with Crippen LogP contribution in [-0.2, 0) is 6.54 Å². The number of hydrogen-bond acceptors (Lipinski definition) is 5. The number of fused-ring (bicyclic) bond motifs is 1. The van der Waals surface area contributed by atoms with E-state index in [9.17, 15) is 13.6 Å². The molecule has 6 nitrogen and oxygen atoms in total. The van der Waals surface area contributed by atoms with Gasteiger partial charge in [0.1, 0.15) is 5.75 Å². The van der Waals surface area contributed by atoms with E-state index in [1.807, 2.05) is 12.1 Å². The molecule has 2 aliphatic rings. The summed E-state index contributed by atoms with van der Waals surface area (Å²) < 4.78 is 41.5. The molecule has 154 valence electrons. The van der Waals surface area contributed by atoms with Crippen LogP contribution >= 0.6 is 15.9 Å². The maximum Gasteiger partial charge on any atom is 0.387 e. The van der Waals surface area contributed by atoms with Crippen LogP contribution in [0.15, 0.2) is 40.9 Å². The predicted octanol–water partition coefficient (Wildman–Crippen LogP) is 3.74. The molecule has 0 atom stereocenters. The largest absolute Gasteiger partial charge is 0.454 e. The number of piperazine rings is 1. The number of halogens is 3. The normalized spacial score (nSPS) is 16.3. The lowest BCUT2D eigenvalue weighted by atomic mass is 10.1. The fraction of sp³-hybridized carbons (Fsp3) is 0.350. The van der Waals surface area contributed by atoms with E-state index in [2.05, 4.69) is 25.6 Å². The molecule has 1 saturated heterocycles. The van der Waals surface area contributed by atoms with Gasteiger partial charge >= 0.3 is 6.61 Å². The minimum atomic E-state index is -2.97. The SMILES string of the molecule is O=C(c1ccccc1OC(F)F)N1CCN(Cc2cc3c(cc2Br)OCO3)CC1. The summed E-state index contributed by atoms with van der Waals surface area (Å²) in [4.78, 5) is 16.7. The zero-order chi connectivity index (χ0) is 20.4. The summed E-state index contributed by atoms with van der Waals surface area (Å²) in [7, 11) is 0. The Balaban J connectivity index is 1.38. The lowest BCUT2D eigenvalue weighted by Crippen LogP contribution is -2.48. The second-order valence-corrected chi connectivity index (χ2v) is 7.59. The molecule has 0 N–H and O–H groups in total. The van der Waals surface area contributed by atoms with E-state index in [1.165, 1.54) is 12.1 Å². The Kier molecular flexibility index (Phi) is 5.86. The van der Waals surface area contributed by atoms with E-state index in [0.29, 0.717) is 32.7 Å². The highest BCUT2D eigenvalue weighted by Crippen LogP contribution is 2.37. The molecule has 1 amide bonds. The van der Waals surface area contributed by atoms with Gasteiger partial charge in [-0.05, 0) is 29.8 Å². The van der Waals surface area contributed by atoms with Crippen LogP contribution in [0.5, 0.6) is 17.2 Å². The number of amides is 1. The number of rotatable bonds is 5. The summed E-state index contributed by atoms with van der Waals surface area (Å²) in [5.74, 6) is 1.05. The number of ether oxygens (including phenoxy) is 3. The van der Waals surface area contributed by atoms with Gasteiger partial charge in [-0.15, -0.1) is 0 Å². The first kappa shape index (κ1) is 19.9. The van der Waals surface area contributed by atoms with Crippen LogP contribution in [0.4, 0.5) is 8.78 Å². The fourth-order valence-electron chi connectivity index (χ4n) is 3.44. The number of carbonyl (C=O) groups is 1. The molecule has 1 fully saturated rings. The van der Waals surface area contributed by atoms with Crippen LogP contribution in [0.1, 0.15) is 15.9 Å². The van der Waals surface area contributed by atoms with E-state index in [4.69, 9.17) is 9.47 Å². The van der Waals surface area contributed by atoms with Crippen LogP contribution in [0.2, 0.25) is 0 Å². The highest BCUT2D eigenvalue weighted by atomic mass is 79.9. The van der Waals surface area contributed by atoms with Crippen molar-refractivity contribution >= 4 is 21.8 Å². The minimum absolute atomic E-state index is 0.0979. The van der Waals surface area contributed by atoms with E-state index in [-0.39, 0.29) is 24.0 Å². The maximum atomic E-state index is 12.8. The van der Waals surface area contributed by atoms with Gasteiger partial charge in [-0.25, -0.2) is 0 Å². The van der Waals surface area contributed by atoms with Gasteiger partial charge in [0.25, 0.3) is 5.91 Å². The molecule has 0 unspecified atom stereocenters. The number of alkyl halides is 2. The average molecular weight is 469 g/mol. The smallest absolute Gasteiger partial charge is 0.387 e. The summed E-state index contributed by atoms with van der Waals surface area (Å²) in [6.45, 7) is 0.303. The van der Waals surface area contributed by atoms with Crippen LogP contribution in [0.3, 0.4) is 0 Å². The molecule has 2 aromatic rings. The quantitative estimate of drug-likeness (QED) is 0.668. The highest BCUT2D eigenvalue weighted by Gasteiger charge is 2.26. The summed E-state index contributed by atoms with van der Waals surface area (Å²) in [5, 5.41) is 0. The first-order valence-corrected chi connectivity index (χ1v) is 9.94. The Morgan fingerprint density at radius 3 is 2.52 bits per heavy atom. The molecular formula is C20H19BrF2N2O4. The summed E-state index contributed by atoms with van der Waals surface area (Å²) in [6, 6.07) is 9.96. The number of hydrogen-bond donors (Lipinski definition) is 0. The van der Waals surface area contributed by atoms with Crippen molar-refractivity contribution < 1.29 is 27.8 Å². The third kappa shape index (κ3) is 4.45. The van der Waals surface area contributed by atoms with Gasteiger partial charge in [0.05, 0.1) is 5.56 Å². The Hall–Kier alpha value is -2.39. The van der Waals surface area contributed by atoms with Crippen molar-refractivity contribution in [3.8, 4) is 17.2 Å². The fourth-order valence-corrected chi connectivity index (χ4v) is 3.89. The molecule has 0 saturated carbocycles. The van der Waals surface area contributed by atoms with E-state index in [1.54, 1.807) is 17.0 Å². The molecule has 29 heavy (non-hydrogen) atoms. The standard InChI is InChI=1S/C20H19BrF2N2O4/c21-15-10-18-17(27-12-28-18)9-13(15)11-24-5-7-25(8-6-24)19(26)14-3-1-2-4-16(14)29-20(22)23/h1-4,9-10,20H,5-8,11-12H2. The lowest BCUT2D eigenvalue weighted by molar-refractivity contribution is -0.0503. The first-order valence-electron chi connectivity index (χ1n) is 9.15. The third-order valence-electron chi connectivity index (χ3n) is 4.93. The summed E-state index contributed by atoms with van der Waals surface area (Å²) in [6.07, 6.45) is 0. The molecule has 2 aromatic carbocycles. The van der Waals surface area contributed by atoms with Crippen molar-refractivity contribution in [1.82, 2.24) is 9.80 Å². The van der Waals surface area contributed by atoms with Gasteiger partial charge < -0.3 is 19.1 Å². The second-order valence-electron chi connectivity index (χ2n) is 6.74. The highest BCUT2D eigenvalue weighted by molar-refractivity contribution is 9.10. The number of nitrogens with zero attached hydrogens (tertiary/aromatic N) is 2. The zero-order valence-corrected chi connectivity index (χ0v) is 17.0. The number of carbonyl (C=O) groups excluding carboxylic acids is 1. The van der Waals surface area contributed by atoms with Crippen LogP contribution in [-0.4, -0.2) is 55.3 Å². The van der Waals surface area contributed by atoms with Crippen LogP contribution < -0.4 is 14.2 Å². The molecule has 0 aromatic heterocycles. The predicted molar refractivity (Wildman–Crippen MR) is 105 cm³/mol. The maximum absolute atomic E-state index is 12.8. The molecule has 2 heterocycles. The average Bonchev–Trinajstić information content (AvgIpc) is 3.15. The summed E-state index contributed by atoms with van der Waals surface area (Å²) >= 11 is 3.57. The second kappa shape index (κ2) is 8.54. The van der Waals surface area contributed by atoms with Crippen molar-refractivity contribution in [3.63, 3.8) is 0 Å². The molecule has 9 heteroatoms. The Morgan fingerprint density at radius 2 is 1.79 bits per heavy atom. The third-order valence-corrected chi connectivity index (χ3v) is 5.67. The Bertz CT molecular complexity index is 904. The number of benzene rings is 2. The molecule has 0 radical (unpaired) electrons. The Morgan fingerprint density at radius 1 is 1.10 bits per heavy atom. The van der Waals surface area contributed by atoms with E-state index in [0.717, 1.165) is 21.5 Å². The van der Waals surface area contributed by atoms with Crippen molar-refractivity contribution in [1.29, 1.82) is 0 Å². The van der Waals surface area contributed by atoms with Gasteiger partial charge in [-0.2, -0.15) is 8.78 Å². The van der Waals surface area contributed by atoms with Crippen molar-refractivity contribution in [2.24, 2.45) is 0 Å². The minimum Gasteiger partial charge on any atom is -0.454 e. The van der Waals surface area contributed by atoms with E-state index >= 15 is 0 Å².